The summed E-state index contributed by atoms with van der Waals surface area (Å²) in [4.78, 5) is 15.0. The number of aromatic nitrogens is 1. The molecule has 1 fully saturated rings. The number of hydrogen-bond acceptors (Lipinski definition) is 1. The number of carbonyl (C=O) groups excluding carboxylic acids is 1. The number of aromatic amines is 1. The highest BCUT2D eigenvalue weighted by Crippen LogP contribution is 2.17. The van der Waals surface area contributed by atoms with Crippen molar-refractivity contribution in [3.05, 3.63) is 23.4 Å². The van der Waals surface area contributed by atoms with Crippen LogP contribution in [0.5, 0.6) is 0 Å². The molecule has 4 nitrogen and oxygen atoms in total. The second kappa shape index (κ2) is 5.85. The van der Waals surface area contributed by atoms with Crippen LogP contribution in [0.4, 0.5) is 10.6 Å². The molecule has 3 N–H and O–H groups in total. The van der Waals surface area contributed by atoms with E-state index in [2.05, 4.69) is 15.6 Å². The van der Waals surface area contributed by atoms with Crippen LogP contribution in [-0.4, -0.2) is 12.1 Å². The lowest BCUT2D eigenvalue weighted by atomic mass is 9.96. The number of anilines is 1. The van der Waals surface area contributed by atoms with Gasteiger partial charge in [0, 0.05) is 12.1 Å². The minimum Gasteiger partial charge on any atom is -0.315 e. The molecule has 0 bridgehead atoms. The molecule has 2 amide bonds. The monoisotopic (exact) mass is 248 g/mol. The largest absolute Gasteiger partial charge is 0.406 e. The highest BCUT2D eigenvalue weighted by Gasteiger charge is 2.18. The summed E-state index contributed by atoms with van der Waals surface area (Å²) in [7, 11) is 0. The molecule has 1 aromatic heterocycles. The van der Waals surface area contributed by atoms with E-state index in [9.17, 15) is 4.79 Å². The first-order chi connectivity index (χ1) is 8.63. The minimum absolute atomic E-state index is 0.108. The van der Waals surface area contributed by atoms with E-state index in [4.69, 9.17) is 0 Å². The van der Waals surface area contributed by atoms with Crippen LogP contribution in [0.2, 0.25) is 0 Å². The summed E-state index contributed by atoms with van der Waals surface area (Å²) in [6.07, 6.45) is 5.94. The zero-order chi connectivity index (χ0) is 13.0. The number of rotatable bonds is 2. The molecule has 1 aliphatic carbocycles. The fourth-order valence-corrected chi connectivity index (χ4v) is 2.55. The van der Waals surface area contributed by atoms with Crippen LogP contribution >= 0.6 is 0 Å². The predicted molar refractivity (Wildman–Crippen MR) is 71.5 cm³/mol. The molecule has 0 atom stereocenters. The van der Waals surface area contributed by atoms with Gasteiger partial charge in [-0.3, -0.25) is 0 Å². The van der Waals surface area contributed by atoms with Crippen molar-refractivity contribution < 1.29 is 9.78 Å². The standard InChI is InChI=1S/C14H21N3O/c1-10-8-11(2)15-13(9-10)17-14(18)16-12-6-4-3-5-7-12/h8-9,12H,3-7H2,1-2H3,(H2,15,16,17,18)/p+1. The van der Waals surface area contributed by atoms with E-state index in [1.54, 1.807) is 0 Å². The highest BCUT2D eigenvalue weighted by atomic mass is 16.2. The maximum atomic E-state index is 11.9. The number of carbonyl (C=O) groups is 1. The number of pyridine rings is 1. The van der Waals surface area contributed by atoms with E-state index in [1.807, 2.05) is 26.0 Å². The number of urea groups is 1. The van der Waals surface area contributed by atoms with E-state index in [-0.39, 0.29) is 6.03 Å². The van der Waals surface area contributed by atoms with Gasteiger partial charge in [-0.2, -0.15) is 5.32 Å². The van der Waals surface area contributed by atoms with Gasteiger partial charge in [-0.25, -0.2) is 9.78 Å². The third-order valence-electron chi connectivity index (χ3n) is 3.34. The Labute approximate surface area is 108 Å². The molecule has 18 heavy (non-hydrogen) atoms. The van der Waals surface area contributed by atoms with E-state index in [0.29, 0.717) is 6.04 Å². The van der Waals surface area contributed by atoms with E-state index in [0.717, 1.165) is 29.9 Å². The summed E-state index contributed by atoms with van der Waals surface area (Å²) in [5.41, 5.74) is 2.18. The summed E-state index contributed by atoms with van der Waals surface area (Å²) < 4.78 is 0. The molecule has 1 heterocycles. The molecule has 1 aliphatic rings. The average Bonchev–Trinajstić information content (AvgIpc) is 2.28. The highest BCUT2D eigenvalue weighted by molar-refractivity contribution is 5.87. The molecule has 0 aromatic carbocycles. The summed E-state index contributed by atoms with van der Waals surface area (Å²) in [6.45, 7) is 4.00. The van der Waals surface area contributed by atoms with E-state index < -0.39 is 0 Å². The van der Waals surface area contributed by atoms with Crippen LogP contribution < -0.4 is 15.6 Å². The molecule has 0 spiro atoms. The first kappa shape index (κ1) is 12.9. The van der Waals surface area contributed by atoms with Gasteiger partial charge in [-0.15, -0.1) is 0 Å². The predicted octanol–water partition coefficient (Wildman–Crippen LogP) is 2.57. The fraction of sp³-hybridized carbons (Fsp3) is 0.571. The van der Waals surface area contributed by atoms with Gasteiger partial charge >= 0.3 is 6.03 Å². The topological polar surface area (TPSA) is 55.3 Å². The number of H-pyrrole nitrogens is 1. The van der Waals surface area contributed by atoms with Crippen LogP contribution in [0.1, 0.15) is 43.4 Å². The SMILES string of the molecule is Cc1cc(C)[nH+]c(NC(=O)NC2CCCCC2)c1. The smallest absolute Gasteiger partial charge is 0.315 e. The van der Waals surface area contributed by atoms with Gasteiger partial charge in [0.25, 0.3) is 5.82 Å². The van der Waals surface area contributed by atoms with Crippen molar-refractivity contribution in [2.75, 3.05) is 5.32 Å². The second-order valence-corrected chi connectivity index (χ2v) is 5.19. The van der Waals surface area contributed by atoms with Gasteiger partial charge in [-0.1, -0.05) is 19.3 Å². The maximum Gasteiger partial charge on any atom is 0.406 e. The minimum atomic E-state index is -0.108. The van der Waals surface area contributed by atoms with Gasteiger partial charge < -0.3 is 5.32 Å². The van der Waals surface area contributed by atoms with Crippen molar-refractivity contribution >= 4 is 11.8 Å². The Hall–Kier alpha value is -1.58. The summed E-state index contributed by atoms with van der Waals surface area (Å²) in [5, 5.41) is 5.90. The first-order valence-electron chi connectivity index (χ1n) is 6.71. The maximum absolute atomic E-state index is 11.9. The summed E-state index contributed by atoms with van der Waals surface area (Å²) in [5.74, 6) is 0.751. The molecule has 0 radical (unpaired) electrons. The molecule has 0 saturated heterocycles. The van der Waals surface area contributed by atoms with Crippen molar-refractivity contribution in [1.29, 1.82) is 0 Å². The fourth-order valence-electron chi connectivity index (χ4n) is 2.55. The Morgan fingerprint density at radius 1 is 1.22 bits per heavy atom. The molecule has 4 heteroatoms. The molecule has 2 rings (SSSR count). The van der Waals surface area contributed by atoms with Crippen LogP contribution in [0.25, 0.3) is 0 Å². The Morgan fingerprint density at radius 3 is 2.61 bits per heavy atom. The molecule has 0 aliphatic heterocycles. The van der Waals surface area contributed by atoms with Crippen LogP contribution in [0.15, 0.2) is 12.1 Å². The van der Waals surface area contributed by atoms with Gasteiger partial charge in [0.15, 0.2) is 0 Å². The average molecular weight is 248 g/mol. The van der Waals surface area contributed by atoms with Gasteiger partial charge in [0.2, 0.25) is 0 Å². The molecular formula is C14H22N3O+. The van der Waals surface area contributed by atoms with Crippen LogP contribution in [-0.2, 0) is 0 Å². The lowest BCUT2D eigenvalue weighted by Crippen LogP contribution is -2.40. The van der Waals surface area contributed by atoms with Crippen LogP contribution in [0, 0.1) is 13.8 Å². The number of hydrogen-bond donors (Lipinski definition) is 2. The van der Waals surface area contributed by atoms with Crippen molar-refractivity contribution in [3.8, 4) is 0 Å². The Morgan fingerprint density at radius 2 is 1.94 bits per heavy atom. The Kier molecular flexibility index (Phi) is 4.18. The van der Waals surface area contributed by atoms with Gasteiger partial charge in [0.1, 0.15) is 0 Å². The summed E-state index contributed by atoms with van der Waals surface area (Å²) in [6, 6.07) is 4.21. The first-order valence-corrected chi connectivity index (χ1v) is 6.71. The van der Waals surface area contributed by atoms with Crippen molar-refractivity contribution in [2.24, 2.45) is 0 Å². The lowest BCUT2D eigenvalue weighted by molar-refractivity contribution is -0.370. The number of nitrogens with one attached hydrogen (secondary N) is 3. The van der Waals surface area contributed by atoms with Crippen molar-refractivity contribution in [3.63, 3.8) is 0 Å². The zero-order valence-electron chi connectivity index (χ0n) is 11.2. The normalized spacial score (nSPS) is 16.3. The van der Waals surface area contributed by atoms with Gasteiger partial charge in [-0.05, 0) is 38.3 Å². The van der Waals surface area contributed by atoms with E-state index in [1.165, 1.54) is 19.3 Å². The third kappa shape index (κ3) is 3.72. The quantitative estimate of drug-likeness (QED) is 0.830. The van der Waals surface area contributed by atoms with Crippen LogP contribution in [0.3, 0.4) is 0 Å². The zero-order valence-corrected chi connectivity index (χ0v) is 11.2. The molecular weight excluding hydrogens is 226 g/mol. The molecule has 98 valence electrons. The Balaban J connectivity index is 1.89. The molecule has 0 unspecified atom stereocenters. The summed E-state index contributed by atoms with van der Waals surface area (Å²) >= 11 is 0. The third-order valence-corrected chi connectivity index (χ3v) is 3.34. The lowest BCUT2D eigenvalue weighted by Gasteiger charge is -2.21. The number of aryl methyl sites for hydroxylation is 2. The second-order valence-electron chi connectivity index (χ2n) is 5.19. The van der Waals surface area contributed by atoms with Crippen molar-refractivity contribution in [1.82, 2.24) is 5.32 Å². The Bertz CT molecular complexity index is 405. The van der Waals surface area contributed by atoms with Crippen molar-refractivity contribution in [2.45, 2.75) is 52.0 Å². The van der Waals surface area contributed by atoms with Gasteiger partial charge in [0.05, 0.1) is 5.69 Å². The molecule has 1 saturated carbocycles. The number of amides is 2. The van der Waals surface area contributed by atoms with E-state index >= 15 is 0 Å². The molecule has 1 aromatic rings.